The maximum atomic E-state index is 12.6. The lowest BCUT2D eigenvalue weighted by atomic mass is 10.1. The van der Waals surface area contributed by atoms with Gasteiger partial charge in [0.05, 0.1) is 0 Å². The number of aryl methyl sites for hydroxylation is 1. The summed E-state index contributed by atoms with van der Waals surface area (Å²) in [5.74, 6) is 0. The van der Waals surface area contributed by atoms with Crippen LogP contribution in [0.2, 0.25) is 0 Å². The molecule has 0 spiro atoms. The average Bonchev–Trinajstić information content (AvgIpc) is 3.27. The molecule has 3 rings (SSSR count). The van der Waals surface area contributed by atoms with Crippen molar-refractivity contribution in [2.24, 2.45) is 0 Å². The van der Waals surface area contributed by atoms with Crippen molar-refractivity contribution >= 4 is 17.4 Å². The third-order valence-corrected chi connectivity index (χ3v) is 5.69. The predicted octanol–water partition coefficient (Wildman–Crippen LogP) is 4.26. The van der Waals surface area contributed by atoms with E-state index in [2.05, 4.69) is 77.5 Å². The lowest BCUT2D eigenvalue weighted by Crippen LogP contribution is -2.41. The number of nitrogens with one attached hydrogen (secondary N) is 1. The van der Waals surface area contributed by atoms with Crippen molar-refractivity contribution in [3.63, 3.8) is 0 Å². The maximum Gasteiger partial charge on any atom is 0.317 e. The van der Waals surface area contributed by atoms with E-state index in [1.54, 1.807) is 4.90 Å². The number of amides is 2. The Bertz CT molecular complexity index is 801. The maximum absolute atomic E-state index is 12.6. The molecule has 2 amide bonds. The van der Waals surface area contributed by atoms with Crippen LogP contribution in [0.5, 0.6) is 0 Å². The standard InChI is InChI=1S/C24H34N4O/c1-4-27(22-13-7-5-11-20(22)2)18-15-25-24(29)26(3)19-21-12-6-8-14-23(21)28-16-9-10-17-28/h5-8,11-14H,4,9-10,15-19H2,1-3H3,(H,25,29). The summed E-state index contributed by atoms with van der Waals surface area (Å²) in [5, 5.41) is 3.08. The van der Waals surface area contributed by atoms with Crippen LogP contribution in [0.3, 0.4) is 0 Å². The van der Waals surface area contributed by atoms with Crippen LogP contribution in [0, 0.1) is 6.92 Å². The van der Waals surface area contributed by atoms with E-state index in [4.69, 9.17) is 0 Å². The number of rotatable bonds is 8. The first-order valence-corrected chi connectivity index (χ1v) is 10.7. The van der Waals surface area contributed by atoms with Crippen molar-refractivity contribution < 1.29 is 4.79 Å². The molecule has 1 saturated heterocycles. The van der Waals surface area contributed by atoms with Crippen molar-refractivity contribution in [2.75, 3.05) is 49.6 Å². The molecule has 29 heavy (non-hydrogen) atoms. The summed E-state index contributed by atoms with van der Waals surface area (Å²) in [6.45, 7) is 9.45. The van der Waals surface area contributed by atoms with Gasteiger partial charge in [-0.15, -0.1) is 0 Å². The molecule has 0 bridgehead atoms. The van der Waals surface area contributed by atoms with Gasteiger partial charge in [-0.05, 0) is 49.9 Å². The fraction of sp³-hybridized carbons (Fsp3) is 0.458. The lowest BCUT2D eigenvalue weighted by Gasteiger charge is -2.27. The molecule has 0 aliphatic carbocycles. The van der Waals surface area contributed by atoms with E-state index in [0.29, 0.717) is 13.1 Å². The molecule has 1 aliphatic rings. The van der Waals surface area contributed by atoms with Crippen molar-refractivity contribution in [2.45, 2.75) is 33.2 Å². The minimum Gasteiger partial charge on any atom is -0.371 e. The number of anilines is 2. The summed E-state index contributed by atoms with van der Waals surface area (Å²) in [6.07, 6.45) is 2.50. The molecule has 0 radical (unpaired) electrons. The first-order valence-electron chi connectivity index (χ1n) is 10.7. The molecular formula is C24H34N4O. The van der Waals surface area contributed by atoms with Gasteiger partial charge in [0.2, 0.25) is 0 Å². The minimum absolute atomic E-state index is 0.0259. The molecular weight excluding hydrogens is 360 g/mol. The van der Waals surface area contributed by atoms with Gasteiger partial charge in [0, 0.05) is 57.7 Å². The van der Waals surface area contributed by atoms with Crippen molar-refractivity contribution in [3.05, 3.63) is 59.7 Å². The van der Waals surface area contributed by atoms with E-state index in [0.717, 1.165) is 26.2 Å². The van der Waals surface area contributed by atoms with Crippen LogP contribution >= 0.6 is 0 Å². The molecule has 0 atom stereocenters. The van der Waals surface area contributed by atoms with Gasteiger partial charge in [-0.2, -0.15) is 0 Å². The smallest absolute Gasteiger partial charge is 0.317 e. The molecule has 5 nitrogen and oxygen atoms in total. The summed E-state index contributed by atoms with van der Waals surface area (Å²) in [4.78, 5) is 19.1. The van der Waals surface area contributed by atoms with Crippen LogP contribution in [0.1, 0.15) is 30.9 Å². The monoisotopic (exact) mass is 394 g/mol. The topological polar surface area (TPSA) is 38.8 Å². The highest BCUT2D eigenvalue weighted by atomic mass is 16.2. The van der Waals surface area contributed by atoms with Crippen molar-refractivity contribution in [3.8, 4) is 0 Å². The zero-order valence-corrected chi connectivity index (χ0v) is 18.0. The van der Waals surface area contributed by atoms with Crippen LogP contribution in [-0.4, -0.2) is 50.7 Å². The van der Waals surface area contributed by atoms with E-state index in [9.17, 15) is 4.79 Å². The van der Waals surface area contributed by atoms with Gasteiger partial charge in [-0.25, -0.2) is 4.79 Å². The Labute approximate surface area is 175 Å². The molecule has 0 aromatic heterocycles. The molecule has 2 aromatic carbocycles. The van der Waals surface area contributed by atoms with Crippen molar-refractivity contribution in [1.82, 2.24) is 10.2 Å². The van der Waals surface area contributed by atoms with Gasteiger partial charge < -0.3 is 20.0 Å². The summed E-state index contributed by atoms with van der Waals surface area (Å²) >= 11 is 0. The number of hydrogen-bond donors (Lipinski definition) is 1. The Kier molecular flexibility index (Phi) is 7.39. The molecule has 0 unspecified atom stereocenters. The lowest BCUT2D eigenvalue weighted by molar-refractivity contribution is 0.207. The third-order valence-electron chi connectivity index (χ3n) is 5.69. The van der Waals surface area contributed by atoms with Gasteiger partial charge >= 0.3 is 6.03 Å². The Morgan fingerprint density at radius 2 is 1.76 bits per heavy atom. The zero-order valence-electron chi connectivity index (χ0n) is 18.0. The number of carbonyl (C=O) groups excluding carboxylic acids is 1. The number of carbonyl (C=O) groups is 1. The number of urea groups is 1. The van der Waals surface area contributed by atoms with Gasteiger partial charge in [0.1, 0.15) is 0 Å². The van der Waals surface area contributed by atoms with Gasteiger partial charge in [0.25, 0.3) is 0 Å². The second kappa shape index (κ2) is 10.2. The van der Waals surface area contributed by atoms with Crippen LogP contribution < -0.4 is 15.1 Å². The first kappa shape index (κ1) is 21.0. The van der Waals surface area contributed by atoms with Crippen LogP contribution in [0.4, 0.5) is 16.2 Å². The van der Waals surface area contributed by atoms with Gasteiger partial charge in [0.15, 0.2) is 0 Å². The van der Waals surface area contributed by atoms with E-state index in [-0.39, 0.29) is 6.03 Å². The van der Waals surface area contributed by atoms with Crippen LogP contribution in [-0.2, 0) is 6.54 Å². The Morgan fingerprint density at radius 1 is 1.07 bits per heavy atom. The van der Waals surface area contributed by atoms with Gasteiger partial charge in [-0.1, -0.05) is 36.4 Å². The molecule has 1 N–H and O–H groups in total. The second-order valence-corrected chi connectivity index (χ2v) is 7.78. The number of nitrogens with zero attached hydrogens (tertiary/aromatic N) is 3. The highest BCUT2D eigenvalue weighted by molar-refractivity contribution is 5.74. The molecule has 2 aromatic rings. The van der Waals surface area contributed by atoms with E-state index in [1.807, 2.05) is 7.05 Å². The van der Waals surface area contributed by atoms with Crippen molar-refractivity contribution in [1.29, 1.82) is 0 Å². The van der Waals surface area contributed by atoms with Crippen LogP contribution in [0.15, 0.2) is 48.5 Å². The highest BCUT2D eigenvalue weighted by Gasteiger charge is 2.17. The predicted molar refractivity (Wildman–Crippen MR) is 122 cm³/mol. The zero-order chi connectivity index (χ0) is 20.6. The molecule has 0 saturated carbocycles. The van der Waals surface area contributed by atoms with Gasteiger partial charge in [-0.3, -0.25) is 0 Å². The molecule has 5 heteroatoms. The number of para-hydroxylation sites is 2. The first-order chi connectivity index (χ1) is 14.1. The second-order valence-electron chi connectivity index (χ2n) is 7.78. The SMILES string of the molecule is CCN(CCNC(=O)N(C)Cc1ccccc1N1CCCC1)c1ccccc1C. The largest absolute Gasteiger partial charge is 0.371 e. The fourth-order valence-electron chi connectivity index (χ4n) is 4.04. The van der Waals surface area contributed by atoms with E-state index in [1.165, 1.54) is 35.3 Å². The fourth-order valence-corrected chi connectivity index (χ4v) is 4.04. The molecule has 1 aliphatic heterocycles. The highest BCUT2D eigenvalue weighted by Crippen LogP contribution is 2.25. The number of hydrogen-bond acceptors (Lipinski definition) is 3. The minimum atomic E-state index is -0.0259. The Balaban J connectivity index is 1.53. The normalized spacial score (nSPS) is 13.4. The summed E-state index contributed by atoms with van der Waals surface area (Å²) in [5.41, 5.74) is 4.97. The molecule has 1 heterocycles. The van der Waals surface area contributed by atoms with E-state index >= 15 is 0 Å². The third kappa shape index (κ3) is 5.43. The summed E-state index contributed by atoms with van der Waals surface area (Å²) in [6, 6.07) is 16.8. The molecule has 1 fully saturated rings. The summed E-state index contributed by atoms with van der Waals surface area (Å²) < 4.78 is 0. The number of likely N-dealkylation sites (N-methyl/N-ethyl adjacent to an activating group) is 1. The van der Waals surface area contributed by atoms with E-state index < -0.39 is 0 Å². The van der Waals surface area contributed by atoms with Crippen LogP contribution in [0.25, 0.3) is 0 Å². The quantitative estimate of drug-likeness (QED) is 0.727. The Morgan fingerprint density at radius 3 is 2.48 bits per heavy atom. The Hall–Kier alpha value is -2.69. The molecule has 156 valence electrons. The summed E-state index contributed by atoms with van der Waals surface area (Å²) in [7, 11) is 1.87. The average molecular weight is 395 g/mol. The number of benzene rings is 2.